The van der Waals surface area contributed by atoms with E-state index in [2.05, 4.69) is 10.3 Å². The summed E-state index contributed by atoms with van der Waals surface area (Å²) in [6.45, 7) is 1.84. The van der Waals surface area contributed by atoms with Gasteiger partial charge in [-0.25, -0.2) is 4.98 Å². The molecule has 1 aromatic rings. The van der Waals surface area contributed by atoms with Crippen LogP contribution >= 0.6 is 0 Å². The van der Waals surface area contributed by atoms with E-state index in [1.807, 2.05) is 6.20 Å². The Bertz CT molecular complexity index is 305. The number of piperidine rings is 1. The van der Waals surface area contributed by atoms with E-state index in [1.54, 1.807) is 0 Å². The van der Waals surface area contributed by atoms with E-state index in [0.717, 1.165) is 37.5 Å². The minimum Gasteiger partial charge on any atom is -0.446 e. The second kappa shape index (κ2) is 6.01. The molecule has 1 fully saturated rings. The highest BCUT2D eigenvalue weighted by Gasteiger charge is 2.15. The molecule has 1 saturated heterocycles. The van der Waals surface area contributed by atoms with Crippen molar-refractivity contribution in [2.45, 2.75) is 44.6 Å². The van der Waals surface area contributed by atoms with Gasteiger partial charge in [-0.05, 0) is 32.4 Å². The van der Waals surface area contributed by atoms with Gasteiger partial charge in [-0.3, -0.25) is 0 Å². The molecule has 0 aromatic carbocycles. The Balaban J connectivity index is 1.81. The van der Waals surface area contributed by atoms with Gasteiger partial charge < -0.3 is 15.5 Å². The van der Waals surface area contributed by atoms with E-state index in [9.17, 15) is 0 Å². The number of aromatic nitrogens is 1. The molecule has 0 amide bonds. The molecule has 1 unspecified atom stereocenters. The molecule has 0 spiro atoms. The number of hydrogen-bond donors (Lipinski definition) is 2. The first kappa shape index (κ1) is 11.6. The number of nitrogens with zero attached hydrogens (tertiary/aromatic N) is 1. The van der Waals surface area contributed by atoms with Crippen LogP contribution in [-0.2, 0) is 12.8 Å². The zero-order chi connectivity index (χ0) is 11.2. The predicted molar refractivity (Wildman–Crippen MR) is 63.2 cm³/mol. The summed E-state index contributed by atoms with van der Waals surface area (Å²) in [6, 6.07) is 0.551. The van der Waals surface area contributed by atoms with Crippen LogP contribution in [0, 0.1) is 0 Å². The lowest BCUT2D eigenvalue weighted by atomic mass is 10.0. The lowest BCUT2D eigenvalue weighted by Crippen LogP contribution is -2.35. The molecule has 1 aromatic heterocycles. The largest absolute Gasteiger partial charge is 0.446 e. The van der Waals surface area contributed by atoms with Crippen molar-refractivity contribution >= 4 is 0 Å². The SMILES string of the molecule is NCCCc1cnc(CC2CCCCN2)o1. The average molecular weight is 223 g/mol. The monoisotopic (exact) mass is 223 g/mol. The van der Waals surface area contributed by atoms with Crippen molar-refractivity contribution in [1.29, 1.82) is 0 Å². The molecule has 1 aliphatic heterocycles. The molecule has 2 rings (SSSR count). The van der Waals surface area contributed by atoms with Crippen LogP contribution < -0.4 is 11.1 Å². The van der Waals surface area contributed by atoms with Crippen LogP contribution in [0.5, 0.6) is 0 Å². The quantitative estimate of drug-likeness (QED) is 0.788. The maximum Gasteiger partial charge on any atom is 0.195 e. The van der Waals surface area contributed by atoms with E-state index in [4.69, 9.17) is 10.2 Å². The summed E-state index contributed by atoms with van der Waals surface area (Å²) in [7, 11) is 0. The van der Waals surface area contributed by atoms with Gasteiger partial charge in [-0.1, -0.05) is 6.42 Å². The molecular formula is C12H21N3O. The molecule has 4 nitrogen and oxygen atoms in total. The Labute approximate surface area is 96.6 Å². The van der Waals surface area contributed by atoms with Crippen molar-refractivity contribution in [2.75, 3.05) is 13.1 Å². The van der Waals surface area contributed by atoms with Crippen molar-refractivity contribution in [3.8, 4) is 0 Å². The fraction of sp³-hybridized carbons (Fsp3) is 0.750. The van der Waals surface area contributed by atoms with Crippen LogP contribution in [0.25, 0.3) is 0 Å². The topological polar surface area (TPSA) is 64.1 Å². The Hall–Kier alpha value is -0.870. The standard InChI is InChI=1S/C12H21N3O/c13-6-3-5-11-9-15-12(16-11)8-10-4-1-2-7-14-10/h9-10,14H,1-8,13H2. The second-order valence-electron chi connectivity index (χ2n) is 4.46. The van der Waals surface area contributed by atoms with Gasteiger partial charge in [0.2, 0.25) is 0 Å². The van der Waals surface area contributed by atoms with Gasteiger partial charge >= 0.3 is 0 Å². The molecule has 90 valence electrons. The molecule has 0 radical (unpaired) electrons. The first-order chi connectivity index (χ1) is 7.88. The molecule has 0 aliphatic carbocycles. The number of aryl methyl sites for hydroxylation is 1. The highest BCUT2D eigenvalue weighted by Crippen LogP contribution is 2.13. The van der Waals surface area contributed by atoms with E-state index in [0.29, 0.717) is 12.6 Å². The molecule has 16 heavy (non-hydrogen) atoms. The third-order valence-electron chi connectivity index (χ3n) is 3.06. The number of hydrogen-bond acceptors (Lipinski definition) is 4. The average Bonchev–Trinajstić information content (AvgIpc) is 2.75. The number of rotatable bonds is 5. The molecular weight excluding hydrogens is 202 g/mol. The number of nitrogens with one attached hydrogen (secondary N) is 1. The summed E-state index contributed by atoms with van der Waals surface area (Å²) in [5, 5.41) is 3.50. The number of oxazole rings is 1. The first-order valence-corrected chi connectivity index (χ1v) is 6.25. The molecule has 1 atom stereocenters. The van der Waals surface area contributed by atoms with Crippen molar-refractivity contribution in [1.82, 2.24) is 10.3 Å². The van der Waals surface area contributed by atoms with Gasteiger partial charge in [0.1, 0.15) is 5.76 Å². The lowest BCUT2D eigenvalue weighted by molar-refractivity contribution is 0.360. The van der Waals surface area contributed by atoms with Crippen molar-refractivity contribution in [3.05, 3.63) is 17.8 Å². The van der Waals surface area contributed by atoms with Gasteiger partial charge in [0, 0.05) is 18.9 Å². The Morgan fingerprint density at radius 1 is 1.50 bits per heavy atom. The van der Waals surface area contributed by atoms with Crippen molar-refractivity contribution in [2.24, 2.45) is 5.73 Å². The minimum atomic E-state index is 0.551. The Morgan fingerprint density at radius 3 is 3.19 bits per heavy atom. The third kappa shape index (κ3) is 3.32. The maximum absolute atomic E-state index is 5.68. The molecule has 3 N–H and O–H groups in total. The van der Waals surface area contributed by atoms with Gasteiger partial charge in [0.25, 0.3) is 0 Å². The molecule has 4 heteroatoms. The molecule has 1 aliphatic rings. The molecule has 2 heterocycles. The minimum absolute atomic E-state index is 0.551. The van der Waals surface area contributed by atoms with Gasteiger partial charge in [-0.2, -0.15) is 0 Å². The van der Waals surface area contributed by atoms with Crippen LogP contribution in [0.2, 0.25) is 0 Å². The fourth-order valence-electron chi connectivity index (χ4n) is 2.14. The smallest absolute Gasteiger partial charge is 0.195 e. The normalized spacial score (nSPS) is 21.2. The highest BCUT2D eigenvalue weighted by molar-refractivity contribution is 4.96. The van der Waals surface area contributed by atoms with E-state index in [1.165, 1.54) is 19.3 Å². The van der Waals surface area contributed by atoms with Crippen LogP contribution in [0.3, 0.4) is 0 Å². The Kier molecular flexibility index (Phi) is 4.36. The first-order valence-electron chi connectivity index (χ1n) is 6.25. The molecule has 0 saturated carbocycles. The fourth-order valence-corrected chi connectivity index (χ4v) is 2.14. The zero-order valence-electron chi connectivity index (χ0n) is 9.74. The van der Waals surface area contributed by atoms with Crippen molar-refractivity contribution in [3.63, 3.8) is 0 Å². The summed E-state index contributed by atoms with van der Waals surface area (Å²) >= 11 is 0. The summed E-state index contributed by atoms with van der Waals surface area (Å²) in [4.78, 5) is 4.32. The summed E-state index contributed by atoms with van der Waals surface area (Å²) in [6.07, 6.45) is 8.48. The van der Waals surface area contributed by atoms with E-state index < -0.39 is 0 Å². The Morgan fingerprint density at radius 2 is 2.44 bits per heavy atom. The third-order valence-corrected chi connectivity index (χ3v) is 3.06. The second-order valence-corrected chi connectivity index (χ2v) is 4.46. The predicted octanol–water partition coefficient (Wildman–Crippen LogP) is 1.25. The summed E-state index contributed by atoms with van der Waals surface area (Å²) in [5.74, 6) is 1.84. The van der Waals surface area contributed by atoms with Gasteiger partial charge in [0.15, 0.2) is 5.89 Å². The number of nitrogens with two attached hydrogens (primary N) is 1. The zero-order valence-corrected chi connectivity index (χ0v) is 9.74. The van der Waals surface area contributed by atoms with Gasteiger partial charge in [0.05, 0.1) is 6.20 Å². The van der Waals surface area contributed by atoms with Crippen LogP contribution in [0.1, 0.15) is 37.3 Å². The molecule has 0 bridgehead atoms. The van der Waals surface area contributed by atoms with Crippen LogP contribution in [0.15, 0.2) is 10.6 Å². The highest BCUT2D eigenvalue weighted by atomic mass is 16.4. The van der Waals surface area contributed by atoms with Crippen LogP contribution in [0.4, 0.5) is 0 Å². The van der Waals surface area contributed by atoms with Crippen molar-refractivity contribution < 1.29 is 4.42 Å². The maximum atomic E-state index is 5.68. The van der Waals surface area contributed by atoms with E-state index in [-0.39, 0.29) is 0 Å². The van der Waals surface area contributed by atoms with Gasteiger partial charge in [-0.15, -0.1) is 0 Å². The summed E-state index contributed by atoms with van der Waals surface area (Å²) in [5.41, 5.74) is 5.46. The van der Waals surface area contributed by atoms with Crippen LogP contribution in [-0.4, -0.2) is 24.1 Å². The lowest BCUT2D eigenvalue weighted by Gasteiger charge is -2.21. The van der Waals surface area contributed by atoms with E-state index >= 15 is 0 Å². The summed E-state index contributed by atoms with van der Waals surface area (Å²) < 4.78 is 5.68.